The molecule has 144 valence electrons. The van der Waals surface area contributed by atoms with Gasteiger partial charge in [-0.3, -0.25) is 4.79 Å². The second-order valence-corrected chi connectivity index (χ2v) is 6.67. The summed E-state index contributed by atoms with van der Waals surface area (Å²) in [4.78, 5) is 24.6. The minimum absolute atomic E-state index is 0. The lowest BCUT2D eigenvalue weighted by Crippen LogP contribution is -2.48. The number of urea groups is 1. The second kappa shape index (κ2) is 9.39. The predicted octanol–water partition coefficient (Wildman–Crippen LogP) is 3.85. The molecule has 1 heterocycles. The Balaban J connectivity index is 0.00000261. The topological polar surface area (TPSA) is 82.3 Å². The molecule has 2 aromatic carbocycles. The third-order valence-electron chi connectivity index (χ3n) is 4.72. The van der Waals surface area contributed by atoms with Crippen LogP contribution in [0.25, 0.3) is 0 Å². The zero-order chi connectivity index (χ0) is 18.5. The average molecular weight is 389 g/mol. The minimum atomic E-state index is -0.328. The third-order valence-corrected chi connectivity index (χ3v) is 4.72. The molecule has 27 heavy (non-hydrogen) atoms. The maximum absolute atomic E-state index is 12.4. The van der Waals surface area contributed by atoms with E-state index >= 15 is 0 Å². The summed E-state index contributed by atoms with van der Waals surface area (Å²) in [6.07, 6.45) is 0. The quantitative estimate of drug-likeness (QED) is 0.627. The largest absolute Gasteiger partial charge is 0.326 e. The van der Waals surface area contributed by atoms with Gasteiger partial charge in [-0.25, -0.2) is 4.79 Å². The van der Waals surface area contributed by atoms with E-state index in [0.29, 0.717) is 23.0 Å². The van der Waals surface area contributed by atoms with Crippen LogP contribution in [0.15, 0.2) is 48.5 Å². The Morgan fingerprint density at radius 2 is 1.67 bits per heavy atom. The zero-order valence-corrected chi connectivity index (χ0v) is 16.2. The number of para-hydroxylation sites is 1. The number of rotatable bonds is 5. The van der Waals surface area contributed by atoms with Crippen molar-refractivity contribution in [3.05, 3.63) is 54.1 Å². The molecule has 1 aliphatic rings. The minimum Gasteiger partial charge on any atom is -0.326 e. The number of aryl methyl sites for hydroxylation is 1. The number of anilines is 3. The van der Waals surface area contributed by atoms with Gasteiger partial charge in [0.05, 0.1) is 0 Å². The molecule has 2 aromatic rings. The van der Waals surface area contributed by atoms with E-state index in [1.807, 2.05) is 56.3 Å². The Labute approximate surface area is 165 Å². The van der Waals surface area contributed by atoms with Crippen molar-refractivity contribution >= 4 is 41.4 Å². The molecule has 6 nitrogen and oxygen atoms in total. The summed E-state index contributed by atoms with van der Waals surface area (Å²) in [5, 5.41) is 11.7. The standard InChI is InChI=1S/C20H24N4O2.ClH/c1-13-8-9-17(23-20(26)22-16-6-4-3-5-7-16)10-18(13)24-19(25)14(2)15-11-21-12-15;/h3-10,14-15,21H,11-12H2,1-2H3,(H,24,25)(H2,22,23,26);1H. The summed E-state index contributed by atoms with van der Waals surface area (Å²) >= 11 is 0. The lowest BCUT2D eigenvalue weighted by molar-refractivity contribution is -0.121. The first-order valence-corrected chi connectivity index (χ1v) is 8.78. The fourth-order valence-corrected chi connectivity index (χ4v) is 2.77. The fourth-order valence-electron chi connectivity index (χ4n) is 2.77. The van der Waals surface area contributed by atoms with Gasteiger partial charge in [0.25, 0.3) is 0 Å². The first kappa shape index (κ1) is 20.7. The van der Waals surface area contributed by atoms with Crippen molar-refractivity contribution in [1.29, 1.82) is 0 Å². The number of hydrogen-bond donors (Lipinski definition) is 4. The van der Waals surface area contributed by atoms with E-state index in [-0.39, 0.29) is 30.3 Å². The van der Waals surface area contributed by atoms with Gasteiger partial charge in [0, 0.05) is 23.0 Å². The van der Waals surface area contributed by atoms with Gasteiger partial charge in [-0.15, -0.1) is 12.4 Å². The highest BCUT2D eigenvalue weighted by Gasteiger charge is 2.28. The summed E-state index contributed by atoms with van der Waals surface area (Å²) in [7, 11) is 0. The van der Waals surface area contributed by atoms with Crippen LogP contribution in [0.3, 0.4) is 0 Å². The molecule has 0 saturated carbocycles. The smallest absolute Gasteiger partial charge is 0.323 e. The van der Waals surface area contributed by atoms with Crippen molar-refractivity contribution in [2.45, 2.75) is 13.8 Å². The van der Waals surface area contributed by atoms with Crippen molar-refractivity contribution < 1.29 is 9.59 Å². The zero-order valence-electron chi connectivity index (χ0n) is 15.4. The summed E-state index contributed by atoms with van der Waals surface area (Å²) in [6, 6.07) is 14.4. The Hall–Kier alpha value is -2.57. The van der Waals surface area contributed by atoms with E-state index in [9.17, 15) is 9.59 Å². The van der Waals surface area contributed by atoms with Crippen LogP contribution in [0.2, 0.25) is 0 Å². The molecule has 0 bridgehead atoms. The molecule has 3 amide bonds. The summed E-state index contributed by atoms with van der Waals surface area (Å²) in [5.41, 5.74) is 3.00. The van der Waals surface area contributed by atoms with Crippen molar-refractivity contribution in [1.82, 2.24) is 5.32 Å². The van der Waals surface area contributed by atoms with Crippen LogP contribution in [-0.4, -0.2) is 25.0 Å². The Bertz CT molecular complexity index is 794. The lowest BCUT2D eigenvalue weighted by atomic mass is 9.88. The highest BCUT2D eigenvalue weighted by Crippen LogP contribution is 2.23. The van der Waals surface area contributed by atoms with Gasteiger partial charge in [-0.1, -0.05) is 31.2 Å². The monoisotopic (exact) mass is 388 g/mol. The normalized spacial score (nSPS) is 14.3. The van der Waals surface area contributed by atoms with E-state index < -0.39 is 0 Å². The van der Waals surface area contributed by atoms with Crippen molar-refractivity contribution in [3.63, 3.8) is 0 Å². The van der Waals surface area contributed by atoms with Gasteiger partial charge in [0.15, 0.2) is 0 Å². The van der Waals surface area contributed by atoms with E-state index in [2.05, 4.69) is 21.3 Å². The molecule has 1 fully saturated rings. The molecule has 4 N–H and O–H groups in total. The molecule has 0 radical (unpaired) electrons. The molecule has 1 saturated heterocycles. The van der Waals surface area contributed by atoms with Crippen LogP contribution in [-0.2, 0) is 4.79 Å². The first-order valence-electron chi connectivity index (χ1n) is 8.78. The summed E-state index contributed by atoms with van der Waals surface area (Å²) in [6.45, 7) is 5.65. The number of carbonyl (C=O) groups is 2. The average Bonchev–Trinajstić information content (AvgIpc) is 2.57. The summed E-state index contributed by atoms with van der Waals surface area (Å²) < 4.78 is 0. The molecular weight excluding hydrogens is 364 g/mol. The molecule has 1 unspecified atom stereocenters. The van der Waals surface area contributed by atoms with Crippen LogP contribution < -0.4 is 21.3 Å². The van der Waals surface area contributed by atoms with Crippen LogP contribution in [0.4, 0.5) is 21.9 Å². The second-order valence-electron chi connectivity index (χ2n) is 6.67. The maximum Gasteiger partial charge on any atom is 0.323 e. The number of benzene rings is 2. The van der Waals surface area contributed by atoms with Crippen molar-refractivity contribution in [2.24, 2.45) is 11.8 Å². The van der Waals surface area contributed by atoms with Gasteiger partial charge in [0.2, 0.25) is 5.91 Å². The molecule has 0 aliphatic carbocycles. The van der Waals surface area contributed by atoms with E-state index in [4.69, 9.17) is 0 Å². The fraction of sp³-hybridized carbons (Fsp3) is 0.300. The third kappa shape index (κ3) is 5.45. The Morgan fingerprint density at radius 3 is 2.30 bits per heavy atom. The van der Waals surface area contributed by atoms with Gasteiger partial charge >= 0.3 is 6.03 Å². The lowest BCUT2D eigenvalue weighted by Gasteiger charge is -2.31. The number of carbonyl (C=O) groups excluding carboxylic acids is 2. The van der Waals surface area contributed by atoms with E-state index in [1.54, 1.807) is 6.07 Å². The van der Waals surface area contributed by atoms with Crippen LogP contribution in [0, 0.1) is 18.8 Å². The highest BCUT2D eigenvalue weighted by molar-refractivity contribution is 6.00. The Kier molecular flexibility index (Phi) is 7.21. The molecule has 0 aromatic heterocycles. The first-order chi connectivity index (χ1) is 12.5. The molecular formula is C20H25ClN4O2. The van der Waals surface area contributed by atoms with E-state index in [0.717, 1.165) is 18.7 Å². The number of nitrogens with one attached hydrogen (secondary N) is 4. The molecule has 1 atom stereocenters. The Morgan fingerprint density at radius 1 is 1.00 bits per heavy atom. The van der Waals surface area contributed by atoms with Crippen molar-refractivity contribution in [3.8, 4) is 0 Å². The number of halogens is 1. The molecule has 3 rings (SSSR count). The number of amides is 3. The maximum atomic E-state index is 12.4. The SMILES string of the molecule is Cc1ccc(NC(=O)Nc2ccccc2)cc1NC(=O)C(C)C1CNC1.Cl. The molecule has 0 spiro atoms. The van der Waals surface area contributed by atoms with Gasteiger partial charge < -0.3 is 21.3 Å². The van der Waals surface area contributed by atoms with Crippen LogP contribution in [0.1, 0.15) is 12.5 Å². The van der Waals surface area contributed by atoms with Crippen LogP contribution in [0.5, 0.6) is 0 Å². The van der Waals surface area contributed by atoms with Gasteiger partial charge in [0.1, 0.15) is 0 Å². The van der Waals surface area contributed by atoms with Gasteiger partial charge in [-0.2, -0.15) is 0 Å². The molecule has 1 aliphatic heterocycles. The van der Waals surface area contributed by atoms with Gasteiger partial charge in [-0.05, 0) is 55.8 Å². The molecule has 7 heteroatoms. The van der Waals surface area contributed by atoms with Crippen LogP contribution >= 0.6 is 12.4 Å². The van der Waals surface area contributed by atoms with Crippen molar-refractivity contribution in [2.75, 3.05) is 29.0 Å². The van der Waals surface area contributed by atoms with E-state index in [1.165, 1.54) is 0 Å². The number of hydrogen-bond acceptors (Lipinski definition) is 3. The summed E-state index contributed by atoms with van der Waals surface area (Å²) in [5.74, 6) is 0.340. The predicted molar refractivity (Wildman–Crippen MR) is 112 cm³/mol. The highest BCUT2D eigenvalue weighted by atomic mass is 35.5.